The molecule has 1 aromatic carbocycles. The van der Waals surface area contributed by atoms with Crippen LogP contribution in [0.25, 0.3) is 0 Å². The van der Waals surface area contributed by atoms with Crippen molar-refractivity contribution in [2.45, 2.75) is 13.8 Å². The summed E-state index contributed by atoms with van der Waals surface area (Å²) in [5.74, 6) is -0.455. The Balaban J connectivity index is 2.42. The number of nitrogens with zero attached hydrogens (tertiary/aromatic N) is 2. The van der Waals surface area contributed by atoms with Gasteiger partial charge in [0.05, 0.1) is 7.11 Å². The lowest BCUT2D eigenvalue weighted by Gasteiger charge is -2.09. The predicted molar refractivity (Wildman–Crippen MR) is 71.5 cm³/mol. The van der Waals surface area contributed by atoms with Crippen molar-refractivity contribution in [1.29, 1.82) is 0 Å². The number of methoxy groups -OCH3 is 1. The lowest BCUT2D eigenvalue weighted by Crippen LogP contribution is -2.03. The SMILES string of the molecule is COc1ccc(C(=O)O)c(Oc2nc(C)cc(C)n2)c1. The normalized spacial score (nSPS) is 10.2. The molecule has 0 aliphatic carbocycles. The molecular formula is C14H14N2O4. The maximum absolute atomic E-state index is 11.2. The fourth-order valence-electron chi connectivity index (χ4n) is 1.73. The van der Waals surface area contributed by atoms with Crippen molar-refractivity contribution in [1.82, 2.24) is 9.97 Å². The van der Waals surface area contributed by atoms with Gasteiger partial charge in [-0.2, -0.15) is 0 Å². The predicted octanol–water partition coefficient (Wildman–Crippen LogP) is 2.59. The van der Waals surface area contributed by atoms with Crippen LogP contribution in [-0.4, -0.2) is 28.2 Å². The van der Waals surface area contributed by atoms with Crippen LogP contribution in [0.15, 0.2) is 24.3 Å². The second kappa shape index (κ2) is 5.56. The molecule has 2 rings (SSSR count). The van der Waals surface area contributed by atoms with Crippen LogP contribution in [-0.2, 0) is 0 Å². The highest BCUT2D eigenvalue weighted by molar-refractivity contribution is 5.91. The van der Waals surface area contributed by atoms with Crippen molar-refractivity contribution in [3.8, 4) is 17.5 Å². The van der Waals surface area contributed by atoms with Gasteiger partial charge in [0.1, 0.15) is 17.1 Å². The minimum Gasteiger partial charge on any atom is -0.497 e. The Morgan fingerprint density at radius 1 is 1.15 bits per heavy atom. The Bertz CT molecular complexity index is 635. The maximum Gasteiger partial charge on any atom is 0.339 e. The van der Waals surface area contributed by atoms with E-state index < -0.39 is 5.97 Å². The molecule has 6 nitrogen and oxygen atoms in total. The first kappa shape index (κ1) is 13.8. The summed E-state index contributed by atoms with van der Waals surface area (Å²) in [6.07, 6.45) is 0. The molecule has 0 radical (unpaired) electrons. The summed E-state index contributed by atoms with van der Waals surface area (Å²) in [6, 6.07) is 6.37. The summed E-state index contributed by atoms with van der Waals surface area (Å²) >= 11 is 0. The van der Waals surface area contributed by atoms with Gasteiger partial charge in [-0.3, -0.25) is 0 Å². The topological polar surface area (TPSA) is 81.5 Å². The van der Waals surface area contributed by atoms with Crippen molar-refractivity contribution in [2.24, 2.45) is 0 Å². The molecular weight excluding hydrogens is 260 g/mol. The van der Waals surface area contributed by atoms with E-state index in [0.29, 0.717) is 5.75 Å². The van der Waals surface area contributed by atoms with Gasteiger partial charge in [-0.15, -0.1) is 0 Å². The molecule has 0 saturated heterocycles. The first-order chi connectivity index (χ1) is 9.49. The minimum atomic E-state index is -1.09. The number of carbonyl (C=O) groups is 1. The highest BCUT2D eigenvalue weighted by Crippen LogP contribution is 2.28. The molecule has 0 spiro atoms. The molecule has 0 atom stereocenters. The van der Waals surface area contributed by atoms with E-state index in [2.05, 4.69) is 9.97 Å². The molecule has 6 heteroatoms. The number of aromatic carboxylic acids is 1. The molecule has 2 aromatic rings. The molecule has 1 heterocycles. The number of hydrogen-bond donors (Lipinski definition) is 1. The first-order valence-electron chi connectivity index (χ1n) is 5.91. The quantitative estimate of drug-likeness (QED) is 0.922. The van der Waals surface area contributed by atoms with E-state index in [1.165, 1.54) is 19.2 Å². The Morgan fingerprint density at radius 2 is 1.80 bits per heavy atom. The highest BCUT2D eigenvalue weighted by Gasteiger charge is 2.14. The largest absolute Gasteiger partial charge is 0.497 e. The molecule has 0 aliphatic rings. The summed E-state index contributed by atoms with van der Waals surface area (Å²) in [4.78, 5) is 19.4. The minimum absolute atomic E-state index is 0.0218. The zero-order chi connectivity index (χ0) is 14.7. The van der Waals surface area contributed by atoms with E-state index in [9.17, 15) is 4.79 Å². The fraction of sp³-hybridized carbons (Fsp3) is 0.214. The van der Waals surface area contributed by atoms with Crippen molar-refractivity contribution in [3.05, 3.63) is 41.2 Å². The van der Waals surface area contributed by atoms with Crippen LogP contribution in [0.4, 0.5) is 0 Å². The maximum atomic E-state index is 11.2. The van der Waals surface area contributed by atoms with Crippen LogP contribution in [0.2, 0.25) is 0 Å². The van der Waals surface area contributed by atoms with Crippen LogP contribution in [0.1, 0.15) is 21.7 Å². The van der Waals surface area contributed by atoms with E-state index in [1.54, 1.807) is 12.1 Å². The van der Waals surface area contributed by atoms with E-state index in [-0.39, 0.29) is 17.3 Å². The lowest BCUT2D eigenvalue weighted by molar-refractivity contribution is 0.0694. The second-order valence-electron chi connectivity index (χ2n) is 4.20. The van der Waals surface area contributed by atoms with Crippen LogP contribution >= 0.6 is 0 Å². The first-order valence-corrected chi connectivity index (χ1v) is 5.91. The van der Waals surface area contributed by atoms with Gasteiger partial charge < -0.3 is 14.6 Å². The number of carboxylic acid groups (broad SMARTS) is 1. The molecule has 0 unspecified atom stereocenters. The van der Waals surface area contributed by atoms with Gasteiger partial charge in [0.25, 0.3) is 0 Å². The zero-order valence-electron chi connectivity index (χ0n) is 11.4. The van der Waals surface area contributed by atoms with Crippen LogP contribution in [0.3, 0.4) is 0 Å². The number of rotatable bonds is 4. The van der Waals surface area contributed by atoms with Gasteiger partial charge >= 0.3 is 12.0 Å². The smallest absolute Gasteiger partial charge is 0.339 e. The number of aromatic nitrogens is 2. The van der Waals surface area contributed by atoms with Gasteiger partial charge in [-0.1, -0.05) is 0 Å². The molecule has 20 heavy (non-hydrogen) atoms. The Kier molecular flexibility index (Phi) is 3.84. The van der Waals surface area contributed by atoms with E-state index >= 15 is 0 Å². The molecule has 1 N–H and O–H groups in total. The van der Waals surface area contributed by atoms with Gasteiger partial charge in [0.2, 0.25) is 0 Å². The Labute approximate surface area is 116 Å². The lowest BCUT2D eigenvalue weighted by atomic mass is 10.2. The summed E-state index contributed by atoms with van der Waals surface area (Å²) in [5, 5.41) is 9.15. The zero-order valence-corrected chi connectivity index (χ0v) is 11.4. The Morgan fingerprint density at radius 3 is 2.35 bits per heavy atom. The Hall–Kier alpha value is -2.63. The third kappa shape index (κ3) is 3.03. The summed E-state index contributed by atoms with van der Waals surface area (Å²) in [7, 11) is 1.49. The number of ether oxygens (including phenoxy) is 2. The fourth-order valence-corrected chi connectivity index (χ4v) is 1.73. The molecule has 0 aliphatic heterocycles. The van der Waals surface area contributed by atoms with E-state index in [4.69, 9.17) is 14.6 Å². The molecule has 0 amide bonds. The van der Waals surface area contributed by atoms with Crippen molar-refractivity contribution >= 4 is 5.97 Å². The third-order valence-electron chi connectivity index (χ3n) is 2.58. The summed E-state index contributed by atoms with van der Waals surface area (Å²) in [6.45, 7) is 3.62. The monoisotopic (exact) mass is 274 g/mol. The van der Waals surface area contributed by atoms with Gasteiger partial charge in [0, 0.05) is 17.5 Å². The molecule has 104 valence electrons. The number of carboxylic acids is 1. The van der Waals surface area contributed by atoms with E-state index in [1.807, 2.05) is 13.8 Å². The third-order valence-corrected chi connectivity index (χ3v) is 2.58. The van der Waals surface area contributed by atoms with Crippen LogP contribution < -0.4 is 9.47 Å². The number of benzene rings is 1. The van der Waals surface area contributed by atoms with Crippen LogP contribution in [0.5, 0.6) is 17.5 Å². The molecule has 1 aromatic heterocycles. The van der Waals surface area contributed by atoms with Gasteiger partial charge in [-0.05, 0) is 32.0 Å². The van der Waals surface area contributed by atoms with Crippen molar-refractivity contribution in [2.75, 3.05) is 7.11 Å². The highest BCUT2D eigenvalue weighted by atomic mass is 16.5. The van der Waals surface area contributed by atoms with E-state index in [0.717, 1.165) is 11.4 Å². The molecule has 0 fully saturated rings. The molecule has 0 saturated carbocycles. The van der Waals surface area contributed by atoms with Gasteiger partial charge in [0.15, 0.2) is 0 Å². The average Bonchev–Trinajstić information content (AvgIpc) is 2.37. The second-order valence-corrected chi connectivity index (χ2v) is 4.20. The summed E-state index contributed by atoms with van der Waals surface area (Å²) < 4.78 is 10.6. The molecule has 0 bridgehead atoms. The van der Waals surface area contributed by atoms with Gasteiger partial charge in [-0.25, -0.2) is 14.8 Å². The number of hydrogen-bond acceptors (Lipinski definition) is 5. The number of aryl methyl sites for hydroxylation is 2. The van der Waals surface area contributed by atoms with Crippen LogP contribution in [0, 0.1) is 13.8 Å². The van der Waals surface area contributed by atoms with Crippen molar-refractivity contribution in [3.63, 3.8) is 0 Å². The summed E-state index contributed by atoms with van der Waals surface area (Å²) in [5.41, 5.74) is 1.51. The average molecular weight is 274 g/mol. The standard InChI is InChI=1S/C14H14N2O4/c1-8-6-9(2)16-14(15-8)20-12-7-10(19-3)4-5-11(12)13(17)18/h4-7H,1-3H3,(H,17,18). The van der Waals surface area contributed by atoms with Crippen molar-refractivity contribution < 1.29 is 19.4 Å².